The fourth-order valence-electron chi connectivity index (χ4n) is 1.94. The molecule has 4 heteroatoms. The summed E-state index contributed by atoms with van der Waals surface area (Å²) in [6, 6.07) is 11.4. The van der Waals surface area contributed by atoms with Crippen molar-refractivity contribution in [3.05, 3.63) is 54.6 Å². The van der Waals surface area contributed by atoms with Gasteiger partial charge in [0.15, 0.2) is 0 Å². The molecule has 0 fully saturated rings. The summed E-state index contributed by atoms with van der Waals surface area (Å²) in [5.41, 5.74) is 2.88. The highest BCUT2D eigenvalue weighted by Gasteiger charge is 2.16. The fourth-order valence-corrected chi connectivity index (χ4v) is 1.94. The Hall–Kier alpha value is -2.33. The third-order valence-corrected chi connectivity index (χ3v) is 2.78. The molecule has 0 aliphatic carbocycles. The Morgan fingerprint density at radius 3 is 2.85 bits per heavy atom. The average molecular weight is 271 g/mol. The molecule has 0 aliphatic heterocycles. The molecule has 2 aromatic rings. The Balaban J connectivity index is 2.49. The van der Waals surface area contributed by atoms with E-state index in [2.05, 4.69) is 12.1 Å². The van der Waals surface area contributed by atoms with Crippen LogP contribution in [0.15, 0.2) is 49.1 Å². The second-order valence-corrected chi connectivity index (χ2v) is 4.12. The smallest absolute Gasteiger partial charge is 0.279 e. The van der Waals surface area contributed by atoms with Crippen LogP contribution in [0.5, 0.6) is 5.75 Å². The lowest BCUT2D eigenvalue weighted by Crippen LogP contribution is -2.24. The molecular weight excluding hydrogens is 254 g/mol. The van der Waals surface area contributed by atoms with E-state index in [1.54, 1.807) is 19.1 Å². The molecule has 0 bridgehead atoms. The normalized spacial score (nSPS) is 10.2. The monoisotopic (exact) mass is 271 g/mol. The molecular formula is C16H17NO3. The number of amides is 1. The van der Waals surface area contributed by atoms with Crippen molar-refractivity contribution >= 4 is 16.7 Å². The van der Waals surface area contributed by atoms with Crippen LogP contribution in [0.1, 0.15) is 17.3 Å². The highest BCUT2D eigenvalue weighted by molar-refractivity contribution is 6.09. The van der Waals surface area contributed by atoms with Gasteiger partial charge < -0.3 is 4.74 Å². The highest BCUT2D eigenvalue weighted by Crippen LogP contribution is 2.28. The van der Waals surface area contributed by atoms with Crippen molar-refractivity contribution in [1.29, 1.82) is 0 Å². The lowest BCUT2D eigenvalue weighted by atomic mass is 10.0. The molecule has 1 N–H and O–H groups in total. The first-order valence-electron chi connectivity index (χ1n) is 6.45. The van der Waals surface area contributed by atoms with Gasteiger partial charge in [0.1, 0.15) is 12.4 Å². The van der Waals surface area contributed by atoms with E-state index in [0.29, 0.717) is 24.5 Å². The van der Waals surface area contributed by atoms with Gasteiger partial charge in [-0.15, -0.1) is 0 Å². The molecule has 2 aromatic carbocycles. The second-order valence-electron chi connectivity index (χ2n) is 4.12. The Kier molecular flexibility index (Phi) is 4.74. The van der Waals surface area contributed by atoms with Gasteiger partial charge in [-0.25, -0.2) is 5.48 Å². The second kappa shape index (κ2) is 6.73. The molecule has 104 valence electrons. The van der Waals surface area contributed by atoms with Gasteiger partial charge in [0, 0.05) is 0 Å². The van der Waals surface area contributed by atoms with Gasteiger partial charge in [-0.05, 0) is 23.8 Å². The number of hydrogen-bond acceptors (Lipinski definition) is 3. The quantitative estimate of drug-likeness (QED) is 0.648. The molecule has 20 heavy (non-hydrogen) atoms. The van der Waals surface area contributed by atoms with Gasteiger partial charge >= 0.3 is 0 Å². The van der Waals surface area contributed by atoms with Crippen molar-refractivity contribution in [3.63, 3.8) is 0 Å². The molecule has 4 nitrogen and oxygen atoms in total. The zero-order valence-electron chi connectivity index (χ0n) is 11.4. The van der Waals surface area contributed by atoms with Gasteiger partial charge in [0.25, 0.3) is 5.91 Å². The summed E-state index contributed by atoms with van der Waals surface area (Å²) in [4.78, 5) is 17.2. The van der Waals surface area contributed by atoms with Gasteiger partial charge in [-0.2, -0.15) is 0 Å². The first-order valence-corrected chi connectivity index (χ1v) is 6.45. The predicted molar refractivity (Wildman–Crippen MR) is 78.7 cm³/mol. The number of fused-ring (bicyclic) bond motifs is 1. The van der Waals surface area contributed by atoms with Crippen molar-refractivity contribution in [3.8, 4) is 5.75 Å². The lowest BCUT2D eigenvalue weighted by Gasteiger charge is -2.13. The minimum absolute atomic E-state index is 0.317. The number of nitrogens with one attached hydrogen (secondary N) is 1. The van der Waals surface area contributed by atoms with Gasteiger partial charge in [0.2, 0.25) is 0 Å². The van der Waals surface area contributed by atoms with E-state index in [9.17, 15) is 4.79 Å². The van der Waals surface area contributed by atoms with Crippen LogP contribution in [0.25, 0.3) is 10.8 Å². The van der Waals surface area contributed by atoms with Gasteiger partial charge in [-0.1, -0.05) is 43.0 Å². The van der Waals surface area contributed by atoms with E-state index in [1.807, 2.05) is 30.3 Å². The van der Waals surface area contributed by atoms with Crippen LogP contribution in [-0.2, 0) is 4.84 Å². The van der Waals surface area contributed by atoms with Crippen LogP contribution in [-0.4, -0.2) is 19.1 Å². The number of carbonyl (C=O) groups is 1. The van der Waals surface area contributed by atoms with Crippen molar-refractivity contribution in [1.82, 2.24) is 5.48 Å². The summed E-state index contributed by atoms with van der Waals surface area (Å²) in [5.74, 6) is 0.198. The van der Waals surface area contributed by atoms with Crippen molar-refractivity contribution < 1.29 is 14.4 Å². The maximum absolute atomic E-state index is 12.3. The number of ether oxygens (including phenoxy) is 1. The topological polar surface area (TPSA) is 47.6 Å². The van der Waals surface area contributed by atoms with Crippen LogP contribution in [0.4, 0.5) is 0 Å². The lowest BCUT2D eigenvalue weighted by molar-refractivity contribution is 0.0363. The molecule has 2 rings (SSSR count). The zero-order chi connectivity index (χ0) is 14.4. The molecule has 1 amide bonds. The van der Waals surface area contributed by atoms with E-state index < -0.39 is 0 Å². The summed E-state index contributed by atoms with van der Waals surface area (Å²) in [7, 11) is 0. The van der Waals surface area contributed by atoms with Gasteiger partial charge in [-0.3, -0.25) is 9.63 Å². The summed E-state index contributed by atoms with van der Waals surface area (Å²) in [5, 5.41) is 1.80. The number of carbonyl (C=O) groups excluding carboxylic acids is 1. The van der Waals surface area contributed by atoms with Crippen LogP contribution in [0, 0.1) is 0 Å². The predicted octanol–water partition coefficient (Wildman–Crippen LogP) is 3.09. The number of hydroxylamine groups is 1. The van der Waals surface area contributed by atoms with Crippen molar-refractivity contribution in [2.24, 2.45) is 0 Å². The van der Waals surface area contributed by atoms with E-state index >= 15 is 0 Å². The minimum atomic E-state index is -0.317. The van der Waals surface area contributed by atoms with E-state index in [-0.39, 0.29) is 5.91 Å². The largest absolute Gasteiger partial charge is 0.489 e. The molecule has 0 heterocycles. The van der Waals surface area contributed by atoms with E-state index in [1.165, 1.54) is 0 Å². The molecule has 0 saturated carbocycles. The van der Waals surface area contributed by atoms with Crippen LogP contribution in [0.3, 0.4) is 0 Å². The Labute approximate surface area is 118 Å². The standard InChI is InChI=1S/C16H17NO3/c1-3-11-19-14-10-9-12-7-5-6-8-13(12)15(14)16(18)17-20-4-2/h3,5-10H,1,4,11H2,2H3,(H,17,18). The molecule has 0 saturated heterocycles. The maximum atomic E-state index is 12.3. The maximum Gasteiger partial charge on any atom is 0.279 e. The van der Waals surface area contributed by atoms with Crippen LogP contribution in [0.2, 0.25) is 0 Å². The molecule has 0 spiro atoms. The summed E-state index contributed by atoms with van der Waals surface area (Å²) < 4.78 is 5.56. The Morgan fingerprint density at radius 1 is 1.30 bits per heavy atom. The zero-order valence-corrected chi connectivity index (χ0v) is 11.4. The van der Waals surface area contributed by atoms with Crippen molar-refractivity contribution in [2.75, 3.05) is 13.2 Å². The number of hydrogen-bond donors (Lipinski definition) is 1. The molecule has 0 aromatic heterocycles. The average Bonchev–Trinajstić information content (AvgIpc) is 2.49. The molecule has 0 unspecified atom stereocenters. The third kappa shape index (κ3) is 2.97. The van der Waals surface area contributed by atoms with Crippen molar-refractivity contribution in [2.45, 2.75) is 6.92 Å². The number of rotatable bonds is 6. The summed E-state index contributed by atoms with van der Waals surface area (Å²) >= 11 is 0. The molecule has 0 atom stereocenters. The first kappa shape index (κ1) is 14.1. The molecule has 0 aliphatic rings. The fraction of sp³-hybridized carbons (Fsp3) is 0.188. The Bertz CT molecular complexity index is 622. The van der Waals surface area contributed by atoms with E-state index in [4.69, 9.17) is 9.57 Å². The van der Waals surface area contributed by atoms with Crippen LogP contribution >= 0.6 is 0 Å². The summed E-state index contributed by atoms with van der Waals surface area (Å²) in [6.45, 7) is 6.16. The minimum Gasteiger partial charge on any atom is -0.489 e. The van der Waals surface area contributed by atoms with Crippen LogP contribution < -0.4 is 10.2 Å². The molecule has 0 radical (unpaired) electrons. The number of benzene rings is 2. The SMILES string of the molecule is C=CCOc1ccc2ccccc2c1C(=O)NOCC. The summed E-state index contributed by atoms with van der Waals surface area (Å²) in [6.07, 6.45) is 1.64. The highest BCUT2D eigenvalue weighted by atomic mass is 16.6. The van der Waals surface area contributed by atoms with E-state index in [0.717, 1.165) is 10.8 Å². The first-order chi connectivity index (χ1) is 9.77. The Morgan fingerprint density at radius 2 is 2.10 bits per heavy atom. The van der Waals surface area contributed by atoms with Gasteiger partial charge in [0.05, 0.1) is 12.2 Å². The third-order valence-electron chi connectivity index (χ3n) is 2.78.